The predicted molar refractivity (Wildman–Crippen MR) is 121 cm³/mol. The highest BCUT2D eigenvalue weighted by atomic mass is 32.2. The third-order valence-corrected chi connectivity index (χ3v) is 6.24. The Hall–Kier alpha value is -3.06. The van der Waals surface area contributed by atoms with E-state index in [1.54, 1.807) is 6.20 Å². The highest BCUT2D eigenvalue weighted by Crippen LogP contribution is 2.24. The molecule has 0 unspecified atom stereocenters. The highest BCUT2D eigenvalue weighted by molar-refractivity contribution is 7.99. The number of fused-ring (bicyclic) bond motifs is 1. The minimum absolute atomic E-state index is 0.00223. The van der Waals surface area contributed by atoms with Gasteiger partial charge in [-0.3, -0.25) is 9.36 Å². The molecule has 30 heavy (non-hydrogen) atoms. The van der Waals surface area contributed by atoms with Crippen LogP contribution in [0.2, 0.25) is 0 Å². The van der Waals surface area contributed by atoms with E-state index in [4.69, 9.17) is 0 Å². The second kappa shape index (κ2) is 8.75. The molecule has 0 saturated heterocycles. The topological polar surface area (TPSA) is 64.7 Å². The van der Waals surface area contributed by atoms with Gasteiger partial charge in [0.1, 0.15) is 5.82 Å². The van der Waals surface area contributed by atoms with Gasteiger partial charge in [0.05, 0.1) is 22.5 Å². The van der Waals surface area contributed by atoms with Gasteiger partial charge in [-0.1, -0.05) is 36.0 Å². The van der Waals surface area contributed by atoms with Gasteiger partial charge < -0.3 is 9.88 Å². The largest absolute Gasteiger partial charge is 0.354 e. The fraction of sp³-hybridized carbons (Fsp3) is 0.261. The summed E-state index contributed by atoms with van der Waals surface area (Å²) in [6.45, 7) is 7.45. The third kappa shape index (κ3) is 4.11. The molecule has 0 radical (unpaired) electrons. The van der Waals surface area contributed by atoms with E-state index in [2.05, 4.69) is 51.9 Å². The van der Waals surface area contributed by atoms with E-state index >= 15 is 0 Å². The number of nitrogens with zero attached hydrogens (tertiary/aromatic N) is 4. The normalized spacial score (nSPS) is 11.2. The average molecular weight is 420 g/mol. The number of hydrogen-bond acceptors (Lipinski definition) is 4. The lowest BCUT2D eigenvalue weighted by molar-refractivity contribution is -0.118. The summed E-state index contributed by atoms with van der Waals surface area (Å²) in [6.07, 6.45) is 3.71. The number of thioether (sulfide) groups is 1. The number of rotatable bonds is 7. The molecule has 2 heterocycles. The molecule has 1 amide bonds. The van der Waals surface area contributed by atoms with Crippen LogP contribution in [0, 0.1) is 20.8 Å². The predicted octanol–water partition coefficient (Wildman–Crippen LogP) is 4.06. The van der Waals surface area contributed by atoms with Gasteiger partial charge in [-0.05, 0) is 50.1 Å². The molecule has 7 heteroatoms. The van der Waals surface area contributed by atoms with Crippen molar-refractivity contribution in [2.24, 2.45) is 0 Å². The lowest BCUT2D eigenvalue weighted by Gasteiger charge is -2.12. The molecular formula is C23H25N5OS. The van der Waals surface area contributed by atoms with E-state index in [1.807, 2.05) is 42.0 Å². The Kier molecular flexibility index (Phi) is 5.90. The lowest BCUT2D eigenvalue weighted by atomic mass is 10.1. The van der Waals surface area contributed by atoms with Crippen LogP contribution >= 0.6 is 11.8 Å². The van der Waals surface area contributed by atoms with Crippen molar-refractivity contribution in [3.05, 3.63) is 71.8 Å². The SMILES string of the molecule is Cc1cccc(-n2ccnc2SCC(=O)NCCn2c(C)nc3ccccc32)c1C. The molecule has 0 aliphatic carbocycles. The Morgan fingerprint density at radius 2 is 1.93 bits per heavy atom. The van der Waals surface area contributed by atoms with Crippen LogP contribution in [-0.2, 0) is 11.3 Å². The van der Waals surface area contributed by atoms with E-state index in [9.17, 15) is 4.79 Å². The number of amides is 1. The van der Waals surface area contributed by atoms with E-state index in [0.29, 0.717) is 18.8 Å². The van der Waals surface area contributed by atoms with E-state index in [0.717, 1.165) is 27.7 Å². The van der Waals surface area contributed by atoms with Gasteiger partial charge >= 0.3 is 0 Å². The number of carbonyl (C=O) groups excluding carboxylic acids is 1. The molecule has 4 rings (SSSR count). The van der Waals surface area contributed by atoms with Crippen molar-refractivity contribution >= 4 is 28.7 Å². The summed E-state index contributed by atoms with van der Waals surface area (Å²) in [5.41, 5.74) is 5.61. The van der Waals surface area contributed by atoms with E-state index < -0.39 is 0 Å². The van der Waals surface area contributed by atoms with Gasteiger partial charge in [-0.15, -0.1) is 0 Å². The molecule has 6 nitrogen and oxygen atoms in total. The van der Waals surface area contributed by atoms with Crippen LogP contribution in [0.1, 0.15) is 17.0 Å². The fourth-order valence-electron chi connectivity index (χ4n) is 3.54. The summed E-state index contributed by atoms with van der Waals surface area (Å²) < 4.78 is 4.18. The second-order valence-corrected chi connectivity index (χ2v) is 8.18. The Balaban J connectivity index is 1.34. The maximum absolute atomic E-state index is 12.4. The van der Waals surface area contributed by atoms with Crippen molar-refractivity contribution in [1.82, 2.24) is 24.4 Å². The molecule has 0 aliphatic rings. The maximum Gasteiger partial charge on any atom is 0.230 e. The quantitative estimate of drug-likeness (QED) is 0.459. The number of benzene rings is 2. The zero-order chi connectivity index (χ0) is 21.1. The van der Waals surface area contributed by atoms with Crippen LogP contribution in [-0.4, -0.2) is 37.3 Å². The van der Waals surface area contributed by atoms with Crippen molar-refractivity contribution in [2.75, 3.05) is 12.3 Å². The Morgan fingerprint density at radius 3 is 2.80 bits per heavy atom. The van der Waals surface area contributed by atoms with Crippen molar-refractivity contribution in [3.8, 4) is 5.69 Å². The van der Waals surface area contributed by atoms with Gasteiger partial charge in [-0.25, -0.2) is 9.97 Å². The fourth-order valence-corrected chi connectivity index (χ4v) is 4.34. The molecule has 0 fully saturated rings. The van der Waals surface area contributed by atoms with Crippen LogP contribution in [0.3, 0.4) is 0 Å². The van der Waals surface area contributed by atoms with E-state index in [1.165, 1.54) is 22.9 Å². The number of hydrogen-bond donors (Lipinski definition) is 1. The minimum atomic E-state index is -0.00223. The molecule has 1 N–H and O–H groups in total. The zero-order valence-electron chi connectivity index (χ0n) is 17.4. The first-order valence-electron chi connectivity index (χ1n) is 9.96. The molecule has 154 valence electrons. The van der Waals surface area contributed by atoms with Crippen LogP contribution in [0.25, 0.3) is 16.7 Å². The average Bonchev–Trinajstić information content (AvgIpc) is 3.33. The smallest absolute Gasteiger partial charge is 0.230 e. The first-order chi connectivity index (χ1) is 14.5. The van der Waals surface area contributed by atoms with E-state index in [-0.39, 0.29) is 5.91 Å². The monoisotopic (exact) mass is 419 g/mol. The first kappa shape index (κ1) is 20.2. The van der Waals surface area contributed by atoms with Gasteiger partial charge in [0.15, 0.2) is 5.16 Å². The van der Waals surface area contributed by atoms with Gasteiger partial charge in [0.2, 0.25) is 5.91 Å². The number of nitrogens with one attached hydrogen (secondary N) is 1. The van der Waals surface area contributed by atoms with Crippen LogP contribution in [0.15, 0.2) is 60.0 Å². The number of aromatic nitrogens is 4. The first-order valence-corrected chi connectivity index (χ1v) is 10.9. The number of para-hydroxylation sites is 2. The molecule has 0 bridgehead atoms. The molecule has 4 aromatic rings. The molecule has 2 aromatic carbocycles. The molecule has 0 atom stereocenters. The molecule has 0 aliphatic heterocycles. The molecule has 0 saturated carbocycles. The Labute approximate surface area is 180 Å². The zero-order valence-corrected chi connectivity index (χ0v) is 18.2. The summed E-state index contributed by atoms with van der Waals surface area (Å²) in [5.74, 6) is 1.28. The summed E-state index contributed by atoms with van der Waals surface area (Å²) in [7, 11) is 0. The lowest BCUT2D eigenvalue weighted by Crippen LogP contribution is -2.29. The van der Waals surface area contributed by atoms with Crippen molar-refractivity contribution < 1.29 is 4.79 Å². The molecule has 2 aromatic heterocycles. The summed E-state index contributed by atoms with van der Waals surface area (Å²) in [4.78, 5) is 21.4. The second-order valence-electron chi connectivity index (χ2n) is 7.24. The Morgan fingerprint density at radius 1 is 1.10 bits per heavy atom. The number of imidazole rings is 2. The van der Waals surface area contributed by atoms with Gasteiger partial charge in [0, 0.05) is 25.5 Å². The van der Waals surface area contributed by atoms with Crippen molar-refractivity contribution in [3.63, 3.8) is 0 Å². The van der Waals surface area contributed by atoms with Crippen LogP contribution in [0.4, 0.5) is 0 Å². The molecule has 0 spiro atoms. The van der Waals surface area contributed by atoms with Crippen LogP contribution in [0.5, 0.6) is 0 Å². The summed E-state index contributed by atoms with van der Waals surface area (Å²) >= 11 is 1.45. The van der Waals surface area contributed by atoms with Crippen LogP contribution < -0.4 is 5.32 Å². The third-order valence-electron chi connectivity index (χ3n) is 5.28. The number of carbonyl (C=O) groups is 1. The van der Waals surface area contributed by atoms with Crippen molar-refractivity contribution in [1.29, 1.82) is 0 Å². The minimum Gasteiger partial charge on any atom is -0.354 e. The summed E-state index contributed by atoms with van der Waals surface area (Å²) in [6, 6.07) is 14.3. The highest BCUT2D eigenvalue weighted by Gasteiger charge is 2.12. The van der Waals surface area contributed by atoms with Gasteiger partial charge in [0.25, 0.3) is 0 Å². The Bertz CT molecular complexity index is 1190. The van der Waals surface area contributed by atoms with Crippen molar-refractivity contribution in [2.45, 2.75) is 32.5 Å². The maximum atomic E-state index is 12.4. The molecular weight excluding hydrogens is 394 g/mol. The summed E-state index contributed by atoms with van der Waals surface area (Å²) in [5, 5.41) is 3.82. The van der Waals surface area contributed by atoms with Gasteiger partial charge in [-0.2, -0.15) is 0 Å². The standard InChI is InChI=1S/C23H25N5OS/c1-16-7-6-10-20(17(16)2)28-14-12-25-23(28)30-15-22(29)24-11-13-27-18(3)26-19-8-4-5-9-21(19)27/h4-10,12,14H,11,13,15H2,1-3H3,(H,24,29). The number of aryl methyl sites for hydroxylation is 2.